The zero-order valence-electron chi connectivity index (χ0n) is 15.3. The van der Waals surface area contributed by atoms with Gasteiger partial charge in [-0.2, -0.15) is 10.5 Å². The van der Waals surface area contributed by atoms with Gasteiger partial charge >= 0.3 is 0 Å². The molecular formula is C19H22FN5O2. The normalized spacial score (nSPS) is 19.2. The number of hydrogen-bond acceptors (Lipinski definition) is 5. The smallest absolute Gasteiger partial charge is 0.251 e. The van der Waals surface area contributed by atoms with Crippen molar-refractivity contribution in [1.29, 1.82) is 10.5 Å². The van der Waals surface area contributed by atoms with E-state index < -0.39 is 17.8 Å². The highest BCUT2D eigenvalue weighted by molar-refractivity contribution is 5.94. The molecule has 142 valence electrons. The van der Waals surface area contributed by atoms with Crippen molar-refractivity contribution in [3.63, 3.8) is 0 Å². The third-order valence-corrected chi connectivity index (χ3v) is 4.38. The molecule has 0 aromatic heterocycles. The number of carbonyl (C=O) groups excluding carboxylic acids is 2. The van der Waals surface area contributed by atoms with Gasteiger partial charge in [-0.05, 0) is 32.0 Å². The van der Waals surface area contributed by atoms with Gasteiger partial charge in [0.1, 0.15) is 12.2 Å². The Morgan fingerprint density at radius 3 is 2.78 bits per heavy atom. The quantitative estimate of drug-likeness (QED) is 0.779. The first kappa shape index (κ1) is 20.3. The highest BCUT2D eigenvalue weighted by Crippen LogP contribution is 2.19. The standard InChI is InChI=1S/C19H22FN5O2/c1-19(2,12-23-18(27)14-5-3-4-13(6-14)8-21)24-10-17(26)25-11-15(20)7-16(25)9-22/h3-6,15-16,24H,7,10-12H2,1-2H3,(H,23,27)/t15-,16-/m0/s1. The van der Waals surface area contributed by atoms with E-state index in [2.05, 4.69) is 10.6 Å². The highest BCUT2D eigenvalue weighted by atomic mass is 19.1. The van der Waals surface area contributed by atoms with Gasteiger partial charge in [0.25, 0.3) is 5.91 Å². The Balaban J connectivity index is 1.86. The van der Waals surface area contributed by atoms with E-state index in [0.717, 1.165) is 0 Å². The topological polar surface area (TPSA) is 109 Å². The number of nitrogens with zero attached hydrogens (tertiary/aromatic N) is 3. The molecule has 1 fully saturated rings. The maximum Gasteiger partial charge on any atom is 0.251 e. The van der Waals surface area contributed by atoms with Crippen LogP contribution in [-0.4, -0.2) is 54.1 Å². The maximum absolute atomic E-state index is 13.4. The molecule has 1 aliphatic rings. The molecule has 27 heavy (non-hydrogen) atoms. The predicted molar refractivity (Wildman–Crippen MR) is 96.2 cm³/mol. The second-order valence-electron chi connectivity index (χ2n) is 7.14. The molecule has 8 heteroatoms. The summed E-state index contributed by atoms with van der Waals surface area (Å²) in [6.45, 7) is 3.75. The molecule has 2 rings (SSSR count). The van der Waals surface area contributed by atoms with Crippen molar-refractivity contribution in [2.75, 3.05) is 19.6 Å². The van der Waals surface area contributed by atoms with Gasteiger partial charge in [-0.15, -0.1) is 0 Å². The minimum atomic E-state index is -1.17. The molecule has 1 aliphatic heterocycles. The lowest BCUT2D eigenvalue weighted by atomic mass is 10.0. The number of nitrogens with one attached hydrogen (secondary N) is 2. The van der Waals surface area contributed by atoms with Gasteiger partial charge in [-0.3, -0.25) is 9.59 Å². The summed E-state index contributed by atoms with van der Waals surface area (Å²) >= 11 is 0. The van der Waals surface area contributed by atoms with Gasteiger partial charge in [-0.1, -0.05) is 6.07 Å². The molecule has 1 aromatic carbocycles. The van der Waals surface area contributed by atoms with Gasteiger partial charge in [0, 0.05) is 24.1 Å². The fourth-order valence-corrected chi connectivity index (χ4v) is 2.79. The molecule has 0 unspecified atom stereocenters. The Morgan fingerprint density at radius 1 is 1.37 bits per heavy atom. The van der Waals surface area contributed by atoms with Gasteiger partial charge in [0.05, 0.1) is 30.8 Å². The molecule has 0 bridgehead atoms. The highest BCUT2D eigenvalue weighted by Gasteiger charge is 2.35. The average Bonchev–Trinajstić information content (AvgIpc) is 3.05. The first-order valence-electron chi connectivity index (χ1n) is 8.62. The Labute approximate surface area is 157 Å². The Hall–Kier alpha value is -2.97. The fourth-order valence-electron chi connectivity index (χ4n) is 2.79. The van der Waals surface area contributed by atoms with Gasteiger partial charge in [0.15, 0.2) is 0 Å². The van der Waals surface area contributed by atoms with Crippen LogP contribution in [-0.2, 0) is 4.79 Å². The lowest BCUT2D eigenvalue weighted by molar-refractivity contribution is -0.130. The van der Waals surface area contributed by atoms with Crippen LogP contribution in [0.3, 0.4) is 0 Å². The summed E-state index contributed by atoms with van der Waals surface area (Å²) in [5.41, 5.74) is 0.174. The van der Waals surface area contributed by atoms with Crippen molar-refractivity contribution in [3.05, 3.63) is 35.4 Å². The molecule has 0 saturated carbocycles. The van der Waals surface area contributed by atoms with E-state index in [9.17, 15) is 14.0 Å². The number of carbonyl (C=O) groups is 2. The van der Waals surface area contributed by atoms with E-state index in [-0.39, 0.29) is 37.9 Å². The van der Waals surface area contributed by atoms with Crippen molar-refractivity contribution in [1.82, 2.24) is 15.5 Å². The maximum atomic E-state index is 13.4. The van der Waals surface area contributed by atoms with E-state index in [1.165, 1.54) is 11.0 Å². The summed E-state index contributed by atoms with van der Waals surface area (Å²) < 4.78 is 13.4. The van der Waals surface area contributed by atoms with E-state index in [4.69, 9.17) is 10.5 Å². The van der Waals surface area contributed by atoms with Gasteiger partial charge < -0.3 is 15.5 Å². The summed E-state index contributed by atoms with van der Waals surface area (Å²) in [7, 11) is 0. The molecule has 2 atom stereocenters. The third-order valence-electron chi connectivity index (χ3n) is 4.38. The summed E-state index contributed by atoms with van der Waals surface area (Å²) in [6, 6.07) is 9.56. The summed E-state index contributed by atoms with van der Waals surface area (Å²) in [5.74, 6) is -0.666. The molecule has 7 nitrogen and oxygen atoms in total. The van der Waals surface area contributed by atoms with Crippen molar-refractivity contribution in [2.45, 2.75) is 38.0 Å². The molecule has 0 aliphatic carbocycles. The SMILES string of the molecule is CC(C)(CNC(=O)c1cccc(C#N)c1)NCC(=O)N1C[C@@H](F)C[C@H]1C#N. The number of benzene rings is 1. The second kappa shape index (κ2) is 8.61. The monoisotopic (exact) mass is 371 g/mol. The molecule has 2 amide bonds. The average molecular weight is 371 g/mol. The van der Waals surface area contributed by atoms with Gasteiger partial charge in [0.2, 0.25) is 5.91 Å². The van der Waals surface area contributed by atoms with Crippen molar-refractivity contribution in [3.8, 4) is 12.1 Å². The molecular weight excluding hydrogens is 349 g/mol. The van der Waals surface area contributed by atoms with Crippen LogP contribution in [0, 0.1) is 22.7 Å². The number of hydrogen-bond donors (Lipinski definition) is 2. The Kier molecular flexibility index (Phi) is 6.49. The van der Waals surface area contributed by atoms with Crippen molar-refractivity contribution < 1.29 is 14.0 Å². The van der Waals surface area contributed by atoms with Crippen LogP contribution in [0.25, 0.3) is 0 Å². The zero-order valence-corrected chi connectivity index (χ0v) is 15.3. The summed E-state index contributed by atoms with van der Waals surface area (Å²) in [4.78, 5) is 25.7. The number of halogens is 1. The first-order valence-corrected chi connectivity index (χ1v) is 8.62. The first-order chi connectivity index (χ1) is 12.8. The molecule has 1 saturated heterocycles. The van der Waals surface area contributed by atoms with E-state index >= 15 is 0 Å². The molecule has 1 aromatic rings. The second-order valence-corrected chi connectivity index (χ2v) is 7.14. The predicted octanol–water partition coefficient (Wildman–Crippen LogP) is 1.12. The van der Waals surface area contributed by atoms with Crippen molar-refractivity contribution >= 4 is 11.8 Å². The minimum Gasteiger partial charge on any atom is -0.350 e. The molecule has 0 radical (unpaired) electrons. The number of alkyl halides is 1. The molecule has 0 spiro atoms. The van der Waals surface area contributed by atoms with Crippen molar-refractivity contribution in [2.24, 2.45) is 0 Å². The Morgan fingerprint density at radius 2 is 2.11 bits per heavy atom. The molecule has 1 heterocycles. The van der Waals surface area contributed by atoms with Crippen LogP contribution in [0.4, 0.5) is 4.39 Å². The van der Waals surface area contributed by atoms with Crippen LogP contribution in [0.5, 0.6) is 0 Å². The summed E-state index contributed by atoms with van der Waals surface area (Å²) in [5, 5.41) is 23.7. The number of nitriles is 2. The zero-order chi connectivity index (χ0) is 20.0. The van der Waals surface area contributed by atoms with Crippen LogP contribution >= 0.6 is 0 Å². The largest absolute Gasteiger partial charge is 0.350 e. The Bertz CT molecular complexity index is 796. The van der Waals surface area contributed by atoms with Crippen LogP contribution < -0.4 is 10.6 Å². The van der Waals surface area contributed by atoms with E-state index in [0.29, 0.717) is 11.1 Å². The van der Waals surface area contributed by atoms with E-state index in [1.54, 1.807) is 18.2 Å². The van der Waals surface area contributed by atoms with Gasteiger partial charge in [-0.25, -0.2) is 4.39 Å². The fraction of sp³-hybridized carbons (Fsp3) is 0.474. The lowest BCUT2D eigenvalue weighted by Gasteiger charge is -2.28. The lowest BCUT2D eigenvalue weighted by Crippen LogP contribution is -2.52. The van der Waals surface area contributed by atoms with E-state index in [1.807, 2.05) is 26.0 Å². The number of rotatable bonds is 6. The van der Waals surface area contributed by atoms with Crippen LogP contribution in [0.1, 0.15) is 36.2 Å². The number of amides is 2. The minimum absolute atomic E-state index is 0.0451. The number of likely N-dealkylation sites (tertiary alicyclic amines) is 1. The van der Waals surface area contributed by atoms with Crippen LogP contribution in [0.2, 0.25) is 0 Å². The third kappa shape index (κ3) is 5.50. The molecule has 2 N–H and O–H groups in total. The summed E-state index contributed by atoms with van der Waals surface area (Å²) in [6.07, 6.45) is -1.13. The van der Waals surface area contributed by atoms with Crippen LogP contribution in [0.15, 0.2) is 24.3 Å².